The number of hydrogen-bond donors (Lipinski definition) is 0. The molecule has 0 radical (unpaired) electrons. The van der Waals surface area contributed by atoms with Crippen LogP contribution in [0.1, 0.15) is 31.3 Å². The molecule has 2 aromatic rings. The fourth-order valence-electron chi connectivity index (χ4n) is 3.35. The molecule has 0 N–H and O–H groups in total. The minimum absolute atomic E-state index is 0.180. The summed E-state index contributed by atoms with van der Waals surface area (Å²) < 4.78 is 30.6. The van der Waals surface area contributed by atoms with E-state index in [4.69, 9.17) is 0 Å². The number of nitrogens with zero attached hydrogens (tertiary/aromatic N) is 3. The van der Waals surface area contributed by atoms with Crippen LogP contribution in [0.3, 0.4) is 0 Å². The van der Waals surface area contributed by atoms with Crippen LogP contribution >= 0.6 is 0 Å². The molecule has 25 heavy (non-hydrogen) atoms. The molecule has 0 saturated carbocycles. The monoisotopic (exact) mass is 349 g/mol. The molecule has 1 saturated heterocycles. The first-order valence-electron chi connectivity index (χ1n) is 8.12. The number of aromatic nitrogens is 2. The Balaban J connectivity index is 1.79. The van der Waals surface area contributed by atoms with Gasteiger partial charge in [-0.15, -0.1) is 0 Å². The van der Waals surface area contributed by atoms with Crippen LogP contribution in [0.25, 0.3) is 0 Å². The number of hydrogen-bond acceptors (Lipinski definition) is 3. The van der Waals surface area contributed by atoms with Crippen LogP contribution in [-0.4, -0.2) is 40.1 Å². The summed E-state index contributed by atoms with van der Waals surface area (Å²) in [6.45, 7) is 1.63. The fourth-order valence-corrected chi connectivity index (χ4v) is 3.35. The Hall–Kier alpha value is -2.28. The van der Waals surface area contributed by atoms with Gasteiger partial charge in [-0.25, -0.2) is 4.98 Å². The standard InChI is InChI=1S/C18H21F2N3O2/c1-18(2)12-23(14(24)11-25-17(19)20)15(18)16-21-8-9-22(16)10-13-6-4-3-5-7-13/h3-9,15,17H,10-12H2,1-2H3. The van der Waals surface area contributed by atoms with Crippen molar-refractivity contribution in [3.05, 3.63) is 54.1 Å². The number of carbonyl (C=O) groups is 1. The lowest BCUT2D eigenvalue weighted by Crippen LogP contribution is -2.59. The summed E-state index contributed by atoms with van der Waals surface area (Å²) in [5.74, 6) is 0.310. The average Bonchev–Trinajstić information content (AvgIpc) is 2.99. The quantitative estimate of drug-likeness (QED) is 0.805. The fraction of sp³-hybridized carbons (Fsp3) is 0.444. The Morgan fingerprint density at radius 2 is 2.08 bits per heavy atom. The van der Waals surface area contributed by atoms with Crippen LogP contribution in [0, 0.1) is 5.41 Å². The smallest absolute Gasteiger partial charge is 0.329 e. The van der Waals surface area contributed by atoms with Crippen LogP contribution in [-0.2, 0) is 16.1 Å². The van der Waals surface area contributed by atoms with E-state index in [0.717, 1.165) is 11.4 Å². The Kier molecular flexibility index (Phi) is 4.85. The van der Waals surface area contributed by atoms with Gasteiger partial charge in [0.05, 0.1) is 6.04 Å². The molecule has 2 heterocycles. The largest absolute Gasteiger partial charge is 0.345 e. The highest BCUT2D eigenvalue weighted by Gasteiger charge is 2.50. The van der Waals surface area contributed by atoms with Gasteiger partial charge in [-0.3, -0.25) is 4.79 Å². The summed E-state index contributed by atoms with van der Waals surface area (Å²) in [7, 11) is 0. The Labute approximate surface area is 145 Å². The van der Waals surface area contributed by atoms with Gasteiger partial charge >= 0.3 is 6.61 Å². The van der Waals surface area contributed by atoms with Crippen LogP contribution < -0.4 is 0 Å². The van der Waals surface area contributed by atoms with Gasteiger partial charge in [0.1, 0.15) is 12.4 Å². The molecule has 1 fully saturated rings. The molecule has 1 aromatic heterocycles. The summed E-state index contributed by atoms with van der Waals surface area (Å²) >= 11 is 0. The maximum Gasteiger partial charge on any atom is 0.345 e. The van der Waals surface area contributed by atoms with Crippen molar-refractivity contribution < 1.29 is 18.3 Å². The number of carbonyl (C=O) groups excluding carboxylic acids is 1. The third-order valence-corrected chi connectivity index (χ3v) is 4.47. The maximum absolute atomic E-state index is 12.2. The van der Waals surface area contributed by atoms with Crippen molar-refractivity contribution in [3.63, 3.8) is 0 Å². The van der Waals surface area contributed by atoms with E-state index in [1.807, 2.05) is 54.9 Å². The van der Waals surface area contributed by atoms with Crippen molar-refractivity contribution in [2.24, 2.45) is 5.41 Å². The van der Waals surface area contributed by atoms with Crippen LogP contribution in [0.15, 0.2) is 42.7 Å². The summed E-state index contributed by atoms with van der Waals surface area (Å²) in [4.78, 5) is 18.2. The van der Waals surface area contributed by atoms with Crippen molar-refractivity contribution in [2.75, 3.05) is 13.2 Å². The minimum Gasteiger partial charge on any atom is -0.329 e. The molecule has 134 valence electrons. The van der Waals surface area contributed by atoms with Crippen LogP contribution in [0.4, 0.5) is 8.78 Å². The second-order valence-electron chi connectivity index (χ2n) is 6.88. The van der Waals surface area contributed by atoms with E-state index < -0.39 is 19.1 Å². The molecule has 3 rings (SSSR count). The molecular weight excluding hydrogens is 328 g/mol. The van der Waals surface area contributed by atoms with Gasteiger partial charge in [-0.05, 0) is 5.56 Å². The van der Waals surface area contributed by atoms with E-state index in [2.05, 4.69) is 9.72 Å². The highest BCUT2D eigenvalue weighted by atomic mass is 19.3. The molecule has 0 aliphatic carbocycles. The summed E-state index contributed by atoms with van der Waals surface area (Å²) in [5.41, 5.74) is 0.943. The zero-order chi connectivity index (χ0) is 18.0. The Morgan fingerprint density at radius 1 is 1.36 bits per heavy atom. The number of halogens is 2. The maximum atomic E-state index is 12.2. The van der Waals surface area contributed by atoms with E-state index in [-0.39, 0.29) is 11.5 Å². The number of ether oxygens (including phenoxy) is 1. The minimum atomic E-state index is -2.95. The first-order valence-corrected chi connectivity index (χ1v) is 8.12. The van der Waals surface area contributed by atoms with Gasteiger partial charge in [0.15, 0.2) is 0 Å². The van der Waals surface area contributed by atoms with Crippen LogP contribution in [0.5, 0.6) is 0 Å². The van der Waals surface area contributed by atoms with Gasteiger partial charge in [0, 0.05) is 30.9 Å². The highest BCUT2D eigenvalue weighted by Crippen LogP contribution is 2.47. The molecule has 1 aliphatic rings. The van der Waals surface area contributed by atoms with Crippen molar-refractivity contribution in [1.82, 2.24) is 14.5 Å². The second-order valence-corrected chi connectivity index (χ2v) is 6.88. The molecule has 1 atom stereocenters. The molecule has 5 nitrogen and oxygen atoms in total. The zero-order valence-corrected chi connectivity index (χ0v) is 14.2. The van der Waals surface area contributed by atoms with Crippen LogP contribution in [0.2, 0.25) is 0 Å². The molecule has 1 unspecified atom stereocenters. The van der Waals surface area contributed by atoms with Gasteiger partial charge in [0.2, 0.25) is 5.91 Å². The number of rotatable bonds is 6. The van der Waals surface area contributed by atoms with Crippen molar-refractivity contribution in [2.45, 2.75) is 33.0 Å². The van der Waals surface area contributed by atoms with E-state index in [1.165, 1.54) is 0 Å². The molecule has 1 amide bonds. The number of imidazole rings is 1. The van der Waals surface area contributed by atoms with Crippen molar-refractivity contribution >= 4 is 5.91 Å². The Bertz CT molecular complexity index is 731. The normalized spacial score (nSPS) is 19.1. The highest BCUT2D eigenvalue weighted by molar-refractivity contribution is 5.79. The summed E-state index contributed by atoms with van der Waals surface area (Å²) in [6.07, 6.45) is 3.57. The van der Waals surface area contributed by atoms with E-state index >= 15 is 0 Å². The zero-order valence-electron chi connectivity index (χ0n) is 14.2. The first-order chi connectivity index (χ1) is 11.9. The van der Waals surface area contributed by atoms with Gasteiger partial charge in [-0.1, -0.05) is 44.2 Å². The SMILES string of the molecule is CC1(C)CN(C(=O)COC(F)F)C1c1nccn1Cc1ccccc1. The van der Waals surface area contributed by atoms with Crippen molar-refractivity contribution in [1.29, 1.82) is 0 Å². The number of likely N-dealkylation sites (tertiary alicyclic amines) is 1. The lowest BCUT2D eigenvalue weighted by Gasteiger charge is -2.53. The summed E-state index contributed by atoms with van der Waals surface area (Å²) in [5, 5.41) is 0. The molecule has 1 aliphatic heterocycles. The van der Waals surface area contributed by atoms with Gasteiger partial charge in [-0.2, -0.15) is 8.78 Å². The number of alkyl halides is 2. The van der Waals surface area contributed by atoms with Gasteiger partial charge < -0.3 is 14.2 Å². The predicted molar refractivity (Wildman–Crippen MR) is 88.0 cm³/mol. The molecular formula is C18H21F2N3O2. The summed E-state index contributed by atoms with van der Waals surface area (Å²) in [6, 6.07) is 9.68. The van der Waals surface area contributed by atoms with E-state index in [1.54, 1.807) is 11.1 Å². The van der Waals surface area contributed by atoms with Crippen molar-refractivity contribution in [3.8, 4) is 0 Å². The van der Waals surface area contributed by atoms with E-state index in [9.17, 15) is 13.6 Å². The second kappa shape index (κ2) is 6.92. The lowest BCUT2D eigenvalue weighted by molar-refractivity contribution is -0.175. The molecule has 0 bridgehead atoms. The average molecular weight is 349 g/mol. The van der Waals surface area contributed by atoms with Gasteiger partial charge in [0.25, 0.3) is 0 Å². The first kappa shape index (κ1) is 17.5. The third kappa shape index (κ3) is 3.71. The number of amides is 1. The number of benzene rings is 1. The lowest BCUT2D eigenvalue weighted by atomic mass is 9.74. The third-order valence-electron chi connectivity index (χ3n) is 4.47. The Morgan fingerprint density at radius 3 is 2.72 bits per heavy atom. The van der Waals surface area contributed by atoms with E-state index in [0.29, 0.717) is 13.1 Å². The topological polar surface area (TPSA) is 47.4 Å². The molecule has 0 spiro atoms. The molecule has 7 heteroatoms. The molecule has 1 aromatic carbocycles. The predicted octanol–water partition coefficient (Wildman–Crippen LogP) is 3.08.